The van der Waals surface area contributed by atoms with Crippen molar-refractivity contribution in [1.82, 2.24) is 0 Å². The summed E-state index contributed by atoms with van der Waals surface area (Å²) < 4.78 is 0. The number of aliphatic hydroxyl groups excluding tert-OH is 2. The van der Waals surface area contributed by atoms with E-state index in [-0.39, 0.29) is 5.12 Å². The normalized spacial score (nSPS) is 14.2. The van der Waals surface area contributed by atoms with Gasteiger partial charge in [-0.2, -0.15) is 0 Å². The summed E-state index contributed by atoms with van der Waals surface area (Å²) in [7, 11) is 0. The number of hydrogen-bond donors (Lipinski definition) is 3. The van der Waals surface area contributed by atoms with E-state index >= 15 is 0 Å². The molecule has 1 aromatic carbocycles. The molecule has 2 unspecified atom stereocenters. The quantitative estimate of drug-likeness (QED) is 0.708. The molecule has 0 aliphatic carbocycles. The van der Waals surface area contributed by atoms with Crippen molar-refractivity contribution in [2.24, 2.45) is 0 Å². The number of carbonyl (C=O) groups excluding carboxylic acids is 1. The van der Waals surface area contributed by atoms with Crippen LogP contribution in [0.3, 0.4) is 0 Å². The molecule has 0 aliphatic heterocycles. The molecule has 0 spiro atoms. The molecule has 0 aromatic heterocycles. The zero-order chi connectivity index (χ0) is 13.7. The van der Waals surface area contributed by atoms with Crippen LogP contribution in [0.5, 0.6) is 0 Å². The van der Waals surface area contributed by atoms with Crippen LogP contribution >= 0.6 is 11.8 Å². The van der Waals surface area contributed by atoms with E-state index in [1.54, 1.807) is 18.2 Å². The fourth-order valence-electron chi connectivity index (χ4n) is 1.72. The van der Waals surface area contributed by atoms with Crippen molar-refractivity contribution in [3.63, 3.8) is 0 Å². The van der Waals surface area contributed by atoms with Crippen molar-refractivity contribution < 1.29 is 15.0 Å². The molecule has 1 aromatic rings. The molecular weight excluding hydrogens is 250 g/mol. The molecule has 0 saturated heterocycles. The van der Waals surface area contributed by atoms with E-state index in [9.17, 15) is 15.0 Å². The van der Waals surface area contributed by atoms with Crippen LogP contribution in [0.25, 0.3) is 0 Å². The second-order valence-electron chi connectivity index (χ2n) is 4.26. The monoisotopic (exact) mass is 269 g/mol. The van der Waals surface area contributed by atoms with Crippen molar-refractivity contribution in [2.45, 2.75) is 32.5 Å². The van der Waals surface area contributed by atoms with Gasteiger partial charge in [0.1, 0.15) is 6.10 Å². The minimum Gasteiger partial charge on any atom is -0.399 e. The first-order chi connectivity index (χ1) is 8.41. The van der Waals surface area contributed by atoms with E-state index in [4.69, 9.17) is 5.73 Å². The van der Waals surface area contributed by atoms with Gasteiger partial charge in [0, 0.05) is 18.4 Å². The lowest BCUT2D eigenvalue weighted by molar-refractivity contribution is -0.109. The van der Waals surface area contributed by atoms with Crippen molar-refractivity contribution in [3.05, 3.63) is 29.3 Å². The Kier molecular flexibility index (Phi) is 5.65. The van der Waals surface area contributed by atoms with E-state index in [2.05, 4.69) is 0 Å². The molecule has 5 heteroatoms. The molecule has 0 aliphatic rings. The molecule has 2 atom stereocenters. The number of thioether (sulfide) groups is 1. The molecule has 18 heavy (non-hydrogen) atoms. The first kappa shape index (κ1) is 15.0. The molecule has 0 radical (unpaired) electrons. The van der Waals surface area contributed by atoms with Crippen LogP contribution in [0.4, 0.5) is 5.69 Å². The third-order valence-electron chi connectivity index (χ3n) is 2.70. The smallest absolute Gasteiger partial charge is 0.185 e. The molecule has 100 valence electrons. The average molecular weight is 269 g/mol. The van der Waals surface area contributed by atoms with Gasteiger partial charge < -0.3 is 15.9 Å². The van der Waals surface area contributed by atoms with Gasteiger partial charge in [-0.1, -0.05) is 17.8 Å². The third-order valence-corrected chi connectivity index (χ3v) is 3.54. The molecular formula is C13H19NO3S. The number of benzene rings is 1. The highest BCUT2D eigenvalue weighted by Crippen LogP contribution is 2.24. The standard InChI is InChI=1S/C13H19NO3S/c1-8-7-10(14)3-4-11(8)13(17)12(16)5-6-18-9(2)15/h3-4,7,12-13,16-17H,5-6,14H2,1-2H3. The Labute approximate surface area is 111 Å². The van der Waals surface area contributed by atoms with Crippen LogP contribution in [-0.4, -0.2) is 27.2 Å². The van der Waals surface area contributed by atoms with Gasteiger partial charge in [-0.25, -0.2) is 0 Å². The Morgan fingerprint density at radius 1 is 1.44 bits per heavy atom. The molecule has 4 N–H and O–H groups in total. The van der Waals surface area contributed by atoms with Crippen molar-refractivity contribution in [3.8, 4) is 0 Å². The van der Waals surface area contributed by atoms with Gasteiger partial charge in [-0.05, 0) is 36.6 Å². The van der Waals surface area contributed by atoms with Gasteiger partial charge in [0.05, 0.1) is 6.10 Å². The third kappa shape index (κ3) is 4.33. The van der Waals surface area contributed by atoms with Crippen LogP contribution in [0.15, 0.2) is 18.2 Å². The fraction of sp³-hybridized carbons (Fsp3) is 0.462. The Bertz CT molecular complexity index is 423. The molecule has 0 amide bonds. The first-order valence-corrected chi connectivity index (χ1v) is 6.76. The Morgan fingerprint density at radius 3 is 2.67 bits per heavy atom. The maximum atomic E-state index is 10.8. The first-order valence-electron chi connectivity index (χ1n) is 5.77. The highest BCUT2D eigenvalue weighted by Gasteiger charge is 2.19. The summed E-state index contributed by atoms with van der Waals surface area (Å²) in [4.78, 5) is 10.8. The predicted molar refractivity (Wildman–Crippen MR) is 74.3 cm³/mol. The number of anilines is 1. The molecule has 0 fully saturated rings. The van der Waals surface area contributed by atoms with Crippen LogP contribution in [0.2, 0.25) is 0 Å². The summed E-state index contributed by atoms with van der Waals surface area (Å²) in [5.74, 6) is 0.502. The summed E-state index contributed by atoms with van der Waals surface area (Å²) in [6.45, 7) is 3.32. The summed E-state index contributed by atoms with van der Waals surface area (Å²) in [5.41, 5.74) is 7.78. The van der Waals surface area contributed by atoms with E-state index < -0.39 is 12.2 Å². The van der Waals surface area contributed by atoms with Gasteiger partial charge in [0.25, 0.3) is 0 Å². The summed E-state index contributed by atoms with van der Waals surface area (Å²) >= 11 is 1.15. The molecule has 0 saturated carbocycles. The van der Waals surface area contributed by atoms with Gasteiger partial charge in [0.15, 0.2) is 5.12 Å². The van der Waals surface area contributed by atoms with Crippen molar-refractivity contribution >= 4 is 22.6 Å². The van der Waals surface area contributed by atoms with E-state index in [0.717, 1.165) is 17.3 Å². The number of carbonyl (C=O) groups is 1. The average Bonchev–Trinajstić information content (AvgIpc) is 2.27. The molecule has 0 bridgehead atoms. The van der Waals surface area contributed by atoms with Gasteiger partial charge >= 0.3 is 0 Å². The number of aryl methyl sites for hydroxylation is 1. The van der Waals surface area contributed by atoms with Crippen molar-refractivity contribution in [1.29, 1.82) is 0 Å². The van der Waals surface area contributed by atoms with E-state index in [1.807, 2.05) is 6.92 Å². The fourth-order valence-corrected chi connectivity index (χ4v) is 2.37. The Balaban J connectivity index is 2.62. The number of hydrogen-bond acceptors (Lipinski definition) is 5. The zero-order valence-corrected chi connectivity index (χ0v) is 11.4. The number of nitrogen functional groups attached to an aromatic ring is 1. The summed E-state index contributed by atoms with van der Waals surface area (Å²) in [6, 6.07) is 5.18. The SMILES string of the molecule is CC(=O)SCCC(O)C(O)c1ccc(N)cc1C. The predicted octanol–water partition coefficient (Wildman–Crippen LogP) is 1.64. The summed E-state index contributed by atoms with van der Waals surface area (Å²) in [6.07, 6.45) is -1.45. The molecule has 1 rings (SSSR count). The number of rotatable bonds is 5. The van der Waals surface area contributed by atoms with Gasteiger partial charge in [-0.15, -0.1) is 0 Å². The lowest BCUT2D eigenvalue weighted by atomic mass is 9.98. The lowest BCUT2D eigenvalue weighted by Crippen LogP contribution is -2.20. The summed E-state index contributed by atoms with van der Waals surface area (Å²) in [5, 5.41) is 19.9. The van der Waals surface area contributed by atoms with Crippen LogP contribution in [0, 0.1) is 6.92 Å². The Hall–Kier alpha value is -1.04. The highest BCUT2D eigenvalue weighted by atomic mass is 32.2. The molecule has 0 heterocycles. The maximum absolute atomic E-state index is 10.8. The van der Waals surface area contributed by atoms with Gasteiger partial charge in [0.2, 0.25) is 0 Å². The van der Waals surface area contributed by atoms with Crippen LogP contribution < -0.4 is 5.73 Å². The topological polar surface area (TPSA) is 83.5 Å². The van der Waals surface area contributed by atoms with Crippen LogP contribution in [-0.2, 0) is 4.79 Å². The zero-order valence-electron chi connectivity index (χ0n) is 10.6. The maximum Gasteiger partial charge on any atom is 0.185 e. The van der Waals surface area contributed by atoms with E-state index in [0.29, 0.717) is 23.4 Å². The number of aliphatic hydroxyl groups is 2. The molecule has 4 nitrogen and oxygen atoms in total. The lowest BCUT2D eigenvalue weighted by Gasteiger charge is -2.19. The largest absolute Gasteiger partial charge is 0.399 e. The van der Waals surface area contributed by atoms with E-state index in [1.165, 1.54) is 6.92 Å². The Morgan fingerprint density at radius 2 is 2.11 bits per heavy atom. The second kappa shape index (κ2) is 6.78. The minimum atomic E-state index is -0.946. The highest BCUT2D eigenvalue weighted by molar-refractivity contribution is 8.13. The van der Waals surface area contributed by atoms with Crippen LogP contribution in [0.1, 0.15) is 30.6 Å². The number of nitrogens with two attached hydrogens (primary N) is 1. The second-order valence-corrected chi connectivity index (χ2v) is 5.53. The minimum absolute atomic E-state index is 0.0142. The van der Waals surface area contributed by atoms with Gasteiger partial charge in [-0.3, -0.25) is 4.79 Å². The van der Waals surface area contributed by atoms with Crippen molar-refractivity contribution in [2.75, 3.05) is 11.5 Å².